The van der Waals surface area contributed by atoms with Crippen molar-refractivity contribution in [2.75, 3.05) is 6.61 Å². The summed E-state index contributed by atoms with van der Waals surface area (Å²) in [5.74, 6) is 0. The van der Waals surface area contributed by atoms with E-state index in [1.807, 2.05) is 0 Å². The van der Waals surface area contributed by atoms with E-state index in [0.717, 1.165) is 12.8 Å². The Kier molecular flexibility index (Phi) is 4.87. The van der Waals surface area contributed by atoms with Gasteiger partial charge in [-0.1, -0.05) is 13.3 Å². The molecule has 0 heterocycles. The summed E-state index contributed by atoms with van der Waals surface area (Å²) in [6.45, 7) is 6.16. The smallest absolute Gasteiger partial charge is 0.179 e. The van der Waals surface area contributed by atoms with Crippen molar-refractivity contribution >= 4 is 11.6 Å². The Bertz CT molecular complexity index is 70.9. The van der Waals surface area contributed by atoms with E-state index < -0.39 is 0 Å². The standard InChI is InChI=1S/C6H11ClO/c1-3-4-5-8-6(2)7/h2-5H2,1H3. The number of hydrogen-bond acceptors (Lipinski definition) is 1. The first-order valence-electron chi connectivity index (χ1n) is 2.74. The van der Waals surface area contributed by atoms with Crippen molar-refractivity contribution in [2.45, 2.75) is 19.8 Å². The lowest BCUT2D eigenvalue weighted by Gasteiger charge is -1.98. The molecule has 48 valence electrons. The van der Waals surface area contributed by atoms with Gasteiger partial charge in [0.05, 0.1) is 6.61 Å². The molecule has 0 saturated heterocycles. The largest absolute Gasteiger partial charge is 0.483 e. The van der Waals surface area contributed by atoms with Crippen molar-refractivity contribution in [3.8, 4) is 0 Å². The molecule has 0 saturated carbocycles. The maximum absolute atomic E-state index is 5.30. The summed E-state index contributed by atoms with van der Waals surface area (Å²) in [6, 6.07) is 0. The maximum atomic E-state index is 5.30. The van der Waals surface area contributed by atoms with Gasteiger partial charge in [0.1, 0.15) is 0 Å². The number of unbranched alkanes of at least 4 members (excludes halogenated alkanes) is 1. The van der Waals surface area contributed by atoms with Gasteiger partial charge in [-0.15, -0.1) is 0 Å². The van der Waals surface area contributed by atoms with E-state index in [1.54, 1.807) is 0 Å². The Morgan fingerprint density at radius 1 is 1.75 bits per heavy atom. The second kappa shape index (κ2) is 4.98. The fraction of sp³-hybridized carbons (Fsp3) is 0.667. The summed E-state index contributed by atoms with van der Waals surface area (Å²) in [5.41, 5.74) is 0. The molecular formula is C6H11ClO. The fourth-order valence-corrected chi connectivity index (χ4v) is 0.404. The molecule has 0 radical (unpaired) electrons. The monoisotopic (exact) mass is 134 g/mol. The summed E-state index contributed by atoms with van der Waals surface area (Å²) in [5, 5.41) is 0.290. The van der Waals surface area contributed by atoms with Gasteiger partial charge in [-0.05, 0) is 24.6 Å². The number of ether oxygens (including phenoxy) is 1. The predicted octanol–water partition coefficient (Wildman–Crippen LogP) is 2.51. The van der Waals surface area contributed by atoms with Crippen LogP contribution in [0.4, 0.5) is 0 Å². The van der Waals surface area contributed by atoms with Gasteiger partial charge in [0, 0.05) is 0 Å². The van der Waals surface area contributed by atoms with Crippen molar-refractivity contribution in [3.05, 3.63) is 11.8 Å². The zero-order chi connectivity index (χ0) is 6.41. The zero-order valence-corrected chi connectivity index (χ0v) is 5.87. The van der Waals surface area contributed by atoms with Crippen LogP contribution in [0.5, 0.6) is 0 Å². The van der Waals surface area contributed by atoms with Gasteiger partial charge < -0.3 is 4.74 Å². The van der Waals surface area contributed by atoms with E-state index in [1.165, 1.54) is 0 Å². The van der Waals surface area contributed by atoms with Crippen LogP contribution in [0.2, 0.25) is 0 Å². The van der Waals surface area contributed by atoms with E-state index in [0.29, 0.717) is 11.8 Å². The molecule has 0 aromatic rings. The Balaban J connectivity index is 2.82. The molecule has 0 unspecified atom stereocenters. The Morgan fingerprint density at radius 2 is 2.38 bits per heavy atom. The van der Waals surface area contributed by atoms with Gasteiger partial charge in [-0.3, -0.25) is 0 Å². The third-order valence-corrected chi connectivity index (χ3v) is 0.866. The fourth-order valence-electron chi connectivity index (χ4n) is 0.327. The van der Waals surface area contributed by atoms with Gasteiger partial charge in [0.25, 0.3) is 0 Å². The van der Waals surface area contributed by atoms with Crippen LogP contribution in [0.1, 0.15) is 19.8 Å². The van der Waals surface area contributed by atoms with Crippen LogP contribution in [-0.4, -0.2) is 6.61 Å². The molecule has 0 amide bonds. The van der Waals surface area contributed by atoms with Gasteiger partial charge in [-0.2, -0.15) is 0 Å². The molecule has 0 N–H and O–H groups in total. The minimum absolute atomic E-state index is 0.290. The van der Waals surface area contributed by atoms with Crippen LogP contribution >= 0.6 is 11.6 Å². The maximum Gasteiger partial charge on any atom is 0.179 e. The lowest BCUT2D eigenvalue weighted by atomic mass is 10.4. The molecule has 0 spiro atoms. The first-order valence-corrected chi connectivity index (χ1v) is 3.12. The molecule has 0 bridgehead atoms. The molecule has 0 atom stereocenters. The summed E-state index contributed by atoms with van der Waals surface area (Å²) in [6.07, 6.45) is 2.18. The van der Waals surface area contributed by atoms with Gasteiger partial charge in [-0.25, -0.2) is 0 Å². The first-order chi connectivity index (χ1) is 3.77. The van der Waals surface area contributed by atoms with Crippen LogP contribution in [0.15, 0.2) is 11.8 Å². The summed E-state index contributed by atoms with van der Waals surface area (Å²) >= 11 is 5.30. The molecule has 2 heteroatoms. The average molecular weight is 135 g/mol. The van der Waals surface area contributed by atoms with Crippen molar-refractivity contribution in [3.63, 3.8) is 0 Å². The Hall–Kier alpha value is -0.170. The average Bonchev–Trinajstić information content (AvgIpc) is 1.66. The number of hydrogen-bond donors (Lipinski definition) is 0. The summed E-state index contributed by atoms with van der Waals surface area (Å²) in [4.78, 5) is 0. The van der Waals surface area contributed by atoms with E-state index >= 15 is 0 Å². The molecular weight excluding hydrogens is 124 g/mol. The highest BCUT2D eigenvalue weighted by Gasteiger charge is 1.84. The molecule has 0 aliphatic carbocycles. The van der Waals surface area contributed by atoms with Crippen LogP contribution in [0.3, 0.4) is 0 Å². The summed E-state index contributed by atoms with van der Waals surface area (Å²) in [7, 11) is 0. The highest BCUT2D eigenvalue weighted by molar-refractivity contribution is 6.27. The van der Waals surface area contributed by atoms with Crippen molar-refractivity contribution < 1.29 is 4.74 Å². The molecule has 0 fully saturated rings. The van der Waals surface area contributed by atoms with E-state index in [9.17, 15) is 0 Å². The SMILES string of the molecule is C=C(Cl)OCCCC. The minimum Gasteiger partial charge on any atom is -0.483 e. The number of halogens is 1. The van der Waals surface area contributed by atoms with Crippen molar-refractivity contribution in [2.24, 2.45) is 0 Å². The first kappa shape index (κ1) is 7.83. The van der Waals surface area contributed by atoms with E-state index in [-0.39, 0.29) is 0 Å². The van der Waals surface area contributed by atoms with Crippen LogP contribution < -0.4 is 0 Å². The molecule has 0 rings (SSSR count). The molecule has 0 aliphatic heterocycles. The van der Waals surface area contributed by atoms with Crippen molar-refractivity contribution in [1.29, 1.82) is 0 Å². The predicted molar refractivity (Wildman–Crippen MR) is 35.9 cm³/mol. The Morgan fingerprint density at radius 3 is 2.75 bits per heavy atom. The quantitative estimate of drug-likeness (QED) is 0.424. The lowest BCUT2D eigenvalue weighted by Crippen LogP contribution is -1.87. The van der Waals surface area contributed by atoms with Crippen LogP contribution in [0, 0.1) is 0 Å². The van der Waals surface area contributed by atoms with Crippen LogP contribution in [0.25, 0.3) is 0 Å². The second-order valence-corrected chi connectivity index (χ2v) is 1.98. The van der Waals surface area contributed by atoms with Gasteiger partial charge in [0.15, 0.2) is 5.22 Å². The number of rotatable bonds is 4. The topological polar surface area (TPSA) is 9.23 Å². The molecule has 0 aliphatic rings. The Labute approximate surface area is 55.3 Å². The molecule has 0 aromatic carbocycles. The van der Waals surface area contributed by atoms with Gasteiger partial charge >= 0.3 is 0 Å². The highest BCUT2D eigenvalue weighted by atomic mass is 35.5. The minimum atomic E-state index is 0.290. The molecule has 8 heavy (non-hydrogen) atoms. The van der Waals surface area contributed by atoms with Crippen LogP contribution in [-0.2, 0) is 4.74 Å². The second-order valence-electron chi connectivity index (χ2n) is 1.56. The highest BCUT2D eigenvalue weighted by Crippen LogP contribution is 1.99. The molecule has 0 aromatic heterocycles. The zero-order valence-electron chi connectivity index (χ0n) is 5.11. The van der Waals surface area contributed by atoms with E-state index in [4.69, 9.17) is 16.3 Å². The third kappa shape index (κ3) is 5.83. The third-order valence-electron chi connectivity index (χ3n) is 0.757. The lowest BCUT2D eigenvalue weighted by molar-refractivity contribution is 0.232. The summed E-state index contributed by atoms with van der Waals surface area (Å²) < 4.78 is 4.85. The van der Waals surface area contributed by atoms with E-state index in [2.05, 4.69) is 13.5 Å². The molecule has 1 nitrogen and oxygen atoms in total. The van der Waals surface area contributed by atoms with Gasteiger partial charge in [0.2, 0.25) is 0 Å². The normalized spacial score (nSPS) is 8.75. The van der Waals surface area contributed by atoms with Crippen molar-refractivity contribution in [1.82, 2.24) is 0 Å².